The van der Waals surface area contributed by atoms with Gasteiger partial charge in [-0.05, 0) is 38.8 Å². The second-order valence-corrected chi connectivity index (χ2v) is 4.29. The molecule has 2 N–H and O–H groups in total. The molecule has 1 aliphatic heterocycles. The number of unbranched alkanes of at least 4 members (excludes halogenated alkanes) is 2. The molecule has 0 bridgehead atoms. The first-order chi connectivity index (χ1) is 6.27. The summed E-state index contributed by atoms with van der Waals surface area (Å²) in [5, 5.41) is 13.6. The molecule has 1 aliphatic rings. The van der Waals surface area contributed by atoms with Crippen LogP contribution >= 0.6 is 0 Å². The van der Waals surface area contributed by atoms with E-state index in [0.29, 0.717) is 0 Å². The molecule has 0 aromatic carbocycles. The van der Waals surface area contributed by atoms with Crippen LogP contribution in [0.15, 0.2) is 0 Å². The standard InChI is InChI=1S/C11H23NO/c1-2-3-4-6-11(13)7-5-9-12-10-8-11/h12-13H,2-10H2,1H3. The smallest absolute Gasteiger partial charge is 0.0660 e. The van der Waals surface area contributed by atoms with Gasteiger partial charge in [0.05, 0.1) is 5.60 Å². The first kappa shape index (κ1) is 11.0. The number of rotatable bonds is 4. The molecular weight excluding hydrogens is 162 g/mol. The SMILES string of the molecule is CCCCCC1(O)CCCNCC1. The van der Waals surface area contributed by atoms with E-state index < -0.39 is 0 Å². The highest BCUT2D eigenvalue weighted by atomic mass is 16.3. The number of hydrogen-bond acceptors (Lipinski definition) is 2. The summed E-state index contributed by atoms with van der Waals surface area (Å²) < 4.78 is 0. The molecule has 0 aromatic heterocycles. The summed E-state index contributed by atoms with van der Waals surface area (Å²) in [6.45, 7) is 4.28. The molecule has 0 spiro atoms. The van der Waals surface area contributed by atoms with Crippen molar-refractivity contribution in [1.82, 2.24) is 5.32 Å². The summed E-state index contributed by atoms with van der Waals surface area (Å²) in [5.74, 6) is 0. The van der Waals surface area contributed by atoms with E-state index in [9.17, 15) is 5.11 Å². The van der Waals surface area contributed by atoms with Crippen LogP contribution in [0.3, 0.4) is 0 Å². The lowest BCUT2D eigenvalue weighted by atomic mass is 9.89. The molecule has 0 aliphatic carbocycles. The highest BCUT2D eigenvalue weighted by molar-refractivity contribution is 4.81. The summed E-state index contributed by atoms with van der Waals surface area (Å²) in [6, 6.07) is 0. The summed E-state index contributed by atoms with van der Waals surface area (Å²) in [4.78, 5) is 0. The van der Waals surface area contributed by atoms with Gasteiger partial charge in [0.15, 0.2) is 0 Å². The minimum absolute atomic E-state index is 0.349. The number of hydrogen-bond donors (Lipinski definition) is 2. The van der Waals surface area contributed by atoms with Gasteiger partial charge in [-0.15, -0.1) is 0 Å². The molecule has 1 heterocycles. The van der Waals surface area contributed by atoms with E-state index in [4.69, 9.17) is 0 Å². The second-order valence-electron chi connectivity index (χ2n) is 4.29. The molecule has 1 unspecified atom stereocenters. The number of nitrogens with one attached hydrogen (secondary N) is 1. The molecule has 1 saturated heterocycles. The summed E-state index contributed by atoms with van der Waals surface area (Å²) in [6.07, 6.45) is 7.75. The van der Waals surface area contributed by atoms with E-state index in [0.717, 1.165) is 38.8 Å². The van der Waals surface area contributed by atoms with E-state index >= 15 is 0 Å². The fourth-order valence-electron chi connectivity index (χ4n) is 2.07. The zero-order valence-electron chi connectivity index (χ0n) is 8.81. The van der Waals surface area contributed by atoms with Crippen LogP contribution in [-0.4, -0.2) is 23.8 Å². The predicted octanol–water partition coefficient (Wildman–Crippen LogP) is 2.07. The van der Waals surface area contributed by atoms with Gasteiger partial charge in [0.1, 0.15) is 0 Å². The van der Waals surface area contributed by atoms with Crippen LogP contribution < -0.4 is 5.32 Å². The van der Waals surface area contributed by atoms with Gasteiger partial charge in [-0.2, -0.15) is 0 Å². The Morgan fingerprint density at radius 3 is 2.85 bits per heavy atom. The molecule has 0 saturated carbocycles. The Balaban J connectivity index is 2.25. The minimum Gasteiger partial charge on any atom is -0.390 e. The Bertz CT molecular complexity index is 128. The van der Waals surface area contributed by atoms with E-state index in [-0.39, 0.29) is 5.60 Å². The van der Waals surface area contributed by atoms with Gasteiger partial charge in [0.2, 0.25) is 0 Å². The van der Waals surface area contributed by atoms with Gasteiger partial charge >= 0.3 is 0 Å². The van der Waals surface area contributed by atoms with Gasteiger partial charge in [-0.3, -0.25) is 0 Å². The van der Waals surface area contributed by atoms with E-state index in [2.05, 4.69) is 12.2 Å². The van der Waals surface area contributed by atoms with Crippen LogP contribution in [0.4, 0.5) is 0 Å². The van der Waals surface area contributed by atoms with Crippen LogP contribution in [0.1, 0.15) is 51.9 Å². The van der Waals surface area contributed by atoms with E-state index in [1.807, 2.05) is 0 Å². The van der Waals surface area contributed by atoms with Crippen LogP contribution in [0, 0.1) is 0 Å². The van der Waals surface area contributed by atoms with Crippen molar-refractivity contribution in [2.24, 2.45) is 0 Å². The molecule has 78 valence electrons. The van der Waals surface area contributed by atoms with Crippen LogP contribution in [0.5, 0.6) is 0 Å². The zero-order valence-corrected chi connectivity index (χ0v) is 8.81. The molecular formula is C11H23NO. The van der Waals surface area contributed by atoms with Gasteiger partial charge in [0.25, 0.3) is 0 Å². The van der Waals surface area contributed by atoms with Gasteiger partial charge in [0, 0.05) is 0 Å². The molecule has 1 fully saturated rings. The van der Waals surface area contributed by atoms with Crippen LogP contribution in [0.2, 0.25) is 0 Å². The van der Waals surface area contributed by atoms with Crippen molar-refractivity contribution in [1.29, 1.82) is 0 Å². The Labute approximate surface area is 81.7 Å². The second kappa shape index (κ2) is 5.61. The lowest BCUT2D eigenvalue weighted by Gasteiger charge is -2.26. The Morgan fingerprint density at radius 2 is 2.08 bits per heavy atom. The van der Waals surface area contributed by atoms with Crippen molar-refractivity contribution in [3.8, 4) is 0 Å². The molecule has 13 heavy (non-hydrogen) atoms. The maximum Gasteiger partial charge on any atom is 0.0660 e. The van der Waals surface area contributed by atoms with Crippen molar-refractivity contribution in [2.75, 3.05) is 13.1 Å². The van der Waals surface area contributed by atoms with Gasteiger partial charge in [-0.1, -0.05) is 26.2 Å². The van der Waals surface area contributed by atoms with Crippen molar-refractivity contribution in [3.63, 3.8) is 0 Å². The maximum atomic E-state index is 10.2. The lowest BCUT2D eigenvalue weighted by molar-refractivity contribution is 0.0172. The van der Waals surface area contributed by atoms with Gasteiger partial charge < -0.3 is 10.4 Å². The summed E-state index contributed by atoms with van der Waals surface area (Å²) >= 11 is 0. The monoisotopic (exact) mass is 185 g/mol. The predicted molar refractivity (Wildman–Crippen MR) is 55.8 cm³/mol. The zero-order chi connectivity index (χ0) is 9.57. The molecule has 2 nitrogen and oxygen atoms in total. The highest BCUT2D eigenvalue weighted by Crippen LogP contribution is 2.25. The fourth-order valence-corrected chi connectivity index (χ4v) is 2.07. The first-order valence-electron chi connectivity index (χ1n) is 5.70. The first-order valence-corrected chi connectivity index (χ1v) is 5.70. The molecule has 0 radical (unpaired) electrons. The lowest BCUT2D eigenvalue weighted by Crippen LogP contribution is -2.29. The van der Waals surface area contributed by atoms with Crippen LogP contribution in [-0.2, 0) is 0 Å². The van der Waals surface area contributed by atoms with Crippen molar-refractivity contribution in [3.05, 3.63) is 0 Å². The Morgan fingerprint density at radius 1 is 1.23 bits per heavy atom. The maximum absolute atomic E-state index is 10.2. The van der Waals surface area contributed by atoms with Crippen molar-refractivity contribution >= 4 is 0 Å². The molecule has 2 heteroatoms. The molecule has 1 rings (SSSR count). The fraction of sp³-hybridized carbons (Fsp3) is 1.00. The van der Waals surface area contributed by atoms with Crippen molar-refractivity contribution in [2.45, 2.75) is 57.5 Å². The minimum atomic E-state index is -0.349. The average molecular weight is 185 g/mol. The largest absolute Gasteiger partial charge is 0.390 e. The third-order valence-electron chi connectivity index (χ3n) is 3.01. The quantitative estimate of drug-likeness (QED) is 0.657. The summed E-state index contributed by atoms with van der Waals surface area (Å²) in [5.41, 5.74) is -0.349. The van der Waals surface area contributed by atoms with E-state index in [1.165, 1.54) is 19.3 Å². The molecule has 1 atom stereocenters. The van der Waals surface area contributed by atoms with Gasteiger partial charge in [-0.25, -0.2) is 0 Å². The van der Waals surface area contributed by atoms with Crippen LogP contribution in [0.25, 0.3) is 0 Å². The average Bonchev–Trinajstić information content (AvgIpc) is 2.31. The molecule has 0 amide bonds. The molecule has 0 aromatic rings. The summed E-state index contributed by atoms with van der Waals surface area (Å²) in [7, 11) is 0. The third-order valence-corrected chi connectivity index (χ3v) is 3.01. The van der Waals surface area contributed by atoms with E-state index in [1.54, 1.807) is 0 Å². The normalized spacial score (nSPS) is 30.0. The number of aliphatic hydroxyl groups is 1. The Kier molecular flexibility index (Phi) is 4.74. The van der Waals surface area contributed by atoms with Crippen molar-refractivity contribution < 1.29 is 5.11 Å². The Hall–Kier alpha value is -0.0800. The highest BCUT2D eigenvalue weighted by Gasteiger charge is 2.26. The third kappa shape index (κ3) is 4.10. The topological polar surface area (TPSA) is 32.3 Å².